The second kappa shape index (κ2) is 16.5. The largest absolute Gasteiger partial charge is 0.493 e. The Balaban J connectivity index is 1.28. The van der Waals surface area contributed by atoms with Gasteiger partial charge >= 0.3 is 5.65 Å². The number of nitrogens with zero attached hydrogens (tertiary/aromatic N) is 5. The number of nitrogens with two attached hydrogens (primary N) is 1. The summed E-state index contributed by atoms with van der Waals surface area (Å²) < 4.78 is 36.7. The van der Waals surface area contributed by atoms with Crippen LogP contribution in [0.25, 0.3) is 11.2 Å². The third-order valence-electron chi connectivity index (χ3n) is 6.68. The van der Waals surface area contributed by atoms with Crippen LogP contribution in [0, 0.1) is 0 Å². The van der Waals surface area contributed by atoms with Crippen molar-refractivity contribution in [2.24, 2.45) is 23.0 Å². The topological polar surface area (TPSA) is 173 Å². The van der Waals surface area contributed by atoms with Crippen molar-refractivity contribution in [2.75, 3.05) is 45.8 Å². The molecule has 1 aromatic carbocycles. The summed E-state index contributed by atoms with van der Waals surface area (Å²) in [5.41, 5.74) is 1.32. The molecule has 1 fully saturated rings. The molecule has 4 atom stereocenters. The van der Waals surface area contributed by atoms with Crippen molar-refractivity contribution in [1.82, 2.24) is 14.5 Å². The average molecular weight is 638 g/mol. The number of nitrogens with one attached hydrogen (secondary N) is 2. The van der Waals surface area contributed by atoms with E-state index in [1.807, 2.05) is 29.1 Å². The molecule has 1 aliphatic heterocycles. The zero-order chi connectivity index (χ0) is 30.6. The molecule has 43 heavy (non-hydrogen) atoms. The molecule has 1 aliphatic rings. The summed E-state index contributed by atoms with van der Waals surface area (Å²) in [4.78, 5) is 24.8. The molecule has 3 aromatic rings. The van der Waals surface area contributed by atoms with E-state index in [9.17, 15) is 4.79 Å². The minimum absolute atomic E-state index is 0.0553. The molecule has 0 amide bonds. The Morgan fingerprint density at radius 1 is 1.35 bits per heavy atom. The van der Waals surface area contributed by atoms with E-state index in [0.29, 0.717) is 79.2 Å². The Labute approximate surface area is 253 Å². The number of para-hydroxylation sites is 1. The molecular formula is C26H39N8O7P2+. The Kier molecular flexibility index (Phi) is 12.5. The second-order valence-electron chi connectivity index (χ2n) is 9.55. The number of hydrogen-bond donors (Lipinski definition) is 3. The van der Waals surface area contributed by atoms with Crippen LogP contribution < -0.4 is 35.5 Å². The van der Waals surface area contributed by atoms with Crippen LogP contribution in [0.2, 0.25) is 0 Å². The molecule has 0 radical (unpaired) electrons. The van der Waals surface area contributed by atoms with Gasteiger partial charge in [-0.15, -0.1) is 0 Å². The predicted molar refractivity (Wildman–Crippen MR) is 167 cm³/mol. The second-order valence-corrected chi connectivity index (χ2v) is 10.9. The number of aliphatic imine (C=N–C) groups is 1. The van der Waals surface area contributed by atoms with Gasteiger partial charge in [-0.3, -0.25) is 19.3 Å². The van der Waals surface area contributed by atoms with E-state index in [1.54, 1.807) is 32.0 Å². The van der Waals surface area contributed by atoms with Crippen molar-refractivity contribution in [2.45, 2.75) is 38.0 Å². The fourth-order valence-corrected chi connectivity index (χ4v) is 5.18. The number of aromatic nitrogens is 4. The van der Waals surface area contributed by atoms with Crippen molar-refractivity contribution < 1.29 is 32.3 Å². The highest BCUT2D eigenvalue weighted by Gasteiger charge is 2.33. The van der Waals surface area contributed by atoms with E-state index in [0.717, 1.165) is 12.8 Å². The number of rotatable bonds is 17. The van der Waals surface area contributed by atoms with Crippen LogP contribution in [0.3, 0.4) is 0 Å². The summed E-state index contributed by atoms with van der Waals surface area (Å²) in [5.74, 6) is 7.69. The van der Waals surface area contributed by atoms with E-state index in [1.165, 1.54) is 0 Å². The monoisotopic (exact) mass is 637 g/mol. The summed E-state index contributed by atoms with van der Waals surface area (Å²) in [6.07, 6.45) is 5.89. The van der Waals surface area contributed by atoms with Gasteiger partial charge in [-0.1, -0.05) is 11.1 Å². The number of hydrogen-bond acceptors (Lipinski definition) is 12. The molecule has 234 valence electrons. The number of anilines is 1. The molecule has 3 heterocycles. The number of imidazole rings is 1. The Bertz CT molecular complexity index is 1440. The normalized spacial score (nSPS) is 17.4. The lowest BCUT2D eigenvalue weighted by Crippen LogP contribution is -2.39. The number of methoxy groups -OCH3 is 2. The molecule has 4 rings (SSSR count). The van der Waals surface area contributed by atoms with Gasteiger partial charge in [0.05, 0.1) is 46.3 Å². The first-order chi connectivity index (χ1) is 21.0. The van der Waals surface area contributed by atoms with E-state index < -0.39 is 0 Å². The number of hydrazone groups is 1. The van der Waals surface area contributed by atoms with Gasteiger partial charge in [-0.25, -0.2) is 4.57 Å². The molecule has 0 spiro atoms. The maximum Gasteiger partial charge on any atom is 0.313 e. The summed E-state index contributed by atoms with van der Waals surface area (Å²) in [5, 5.41) is 6.99. The molecule has 15 nitrogen and oxygen atoms in total. The minimum atomic E-state index is -0.257. The molecule has 1 saturated heterocycles. The zero-order valence-corrected chi connectivity index (χ0v) is 26.6. The number of H-pyrrole nitrogens is 1. The van der Waals surface area contributed by atoms with Crippen LogP contribution >= 0.6 is 18.5 Å². The fourth-order valence-electron chi connectivity index (χ4n) is 4.65. The van der Waals surface area contributed by atoms with Gasteiger partial charge in [-0.05, 0) is 18.6 Å². The highest BCUT2D eigenvalue weighted by Crippen LogP contribution is 2.36. The van der Waals surface area contributed by atoms with E-state index in [2.05, 4.69) is 34.8 Å². The SMILES string of the molecule is COc1cccc(OC)c1OCCCN=CC(CCNc1nc2c(c(=O)[nH]1)n(C)c[n+]2C1CCC(COPOP)O1)=NN. The van der Waals surface area contributed by atoms with Crippen molar-refractivity contribution in [3.8, 4) is 17.2 Å². The Morgan fingerprint density at radius 2 is 2.14 bits per heavy atom. The van der Waals surface area contributed by atoms with Gasteiger partial charge in [-0.2, -0.15) is 5.10 Å². The van der Waals surface area contributed by atoms with Crippen LogP contribution in [-0.2, 0) is 20.6 Å². The first-order valence-electron chi connectivity index (χ1n) is 13.7. The summed E-state index contributed by atoms with van der Waals surface area (Å²) >= 11 is 0. The van der Waals surface area contributed by atoms with Gasteiger partial charge in [0, 0.05) is 48.0 Å². The van der Waals surface area contributed by atoms with Crippen LogP contribution in [0.15, 0.2) is 39.4 Å². The Morgan fingerprint density at radius 3 is 2.86 bits per heavy atom. The zero-order valence-electron chi connectivity index (χ0n) is 24.4. The molecule has 4 unspecified atom stereocenters. The Hall–Kier alpha value is -3.35. The van der Waals surface area contributed by atoms with Crippen molar-refractivity contribution in [1.29, 1.82) is 0 Å². The van der Waals surface area contributed by atoms with Crippen molar-refractivity contribution >= 4 is 47.5 Å². The molecule has 4 N–H and O–H groups in total. The highest BCUT2D eigenvalue weighted by atomic mass is 31.1. The minimum Gasteiger partial charge on any atom is -0.493 e. The third-order valence-corrected chi connectivity index (χ3v) is 7.35. The lowest BCUT2D eigenvalue weighted by molar-refractivity contribution is -0.739. The summed E-state index contributed by atoms with van der Waals surface area (Å²) in [6.45, 7) is 1.82. The maximum absolute atomic E-state index is 12.9. The third kappa shape index (κ3) is 8.61. The van der Waals surface area contributed by atoms with Crippen LogP contribution in [0.4, 0.5) is 5.95 Å². The summed E-state index contributed by atoms with van der Waals surface area (Å²) in [7, 11) is 7.08. The van der Waals surface area contributed by atoms with Gasteiger partial charge in [0.1, 0.15) is 0 Å². The van der Waals surface area contributed by atoms with Crippen molar-refractivity contribution in [3.63, 3.8) is 0 Å². The fraction of sp³-hybridized carbons (Fsp3) is 0.500. The number of aromatic amines is 1. The molecule has 0 saturated carbocycles. The summed E-state index contributed by atoms with van der Waals surface area (Å²) in [6, 6.07) is 5.47. The number of ether oxygens (including phenoxy) is 4. The highest BCUT2D eigenvalue weighted by molar-refractivity contribution is 7.34. The van der Waals surface area contributed by atoms with Crippen LogP contribution in [-0.4, -0.2) is 73.1 Å². The molecule has 0 bridgehead atoms. The van der Waals surface area contributed by atoms with Gasteiger partial charge in [0.2, 0.25) is 11.3 Å². The van der Waals surface area contributed by atoms with Crippen LogP contribution in [0.5, 0.6) is 17.2 Å². The van der Waals surface area contributed by atoms with Gasteiger partial charge in [0.15, 0.2) is 33.1 Å². The van der Waals surface area contributed by atoms with E-state index in [4.69, 9.17) is 33.6 Å². The lowest BCUT2D eigenvalue weighted by Gasteiger charge is -2.13. The quantitative estimate of drug-likeness (QED) is 0.0498. The molecular weight excluding hydrogens is 598 g/mol. The number of fused-ring (bicyclic) bond motifs is 1. The number of aryl methyl sites for hydroxylation is 1. The molecule has 2 aromatic heterocycles. The number of benzene rings is 1. The molecule has 17 heteroatoms. The lowest BCUT2D eigenvalue weighted by atomic mass is 10.2. The van der Waals surface area contributed by atoms with E-state index in [-0.39, 0.29) is 26.9 Å². The average Bonchev–Trinajstić information content (AvgIpc) is 3.62. The maximum atomic E-state index is 12.9. The van der Waals surface area contributed by atoms with Crippen LogP contribution in [0.1, 0.15) is 31.9 Å². The van der Waals surface area contributed by atoms with Gasteiger partial charge in [0.25, 0.3) is 11.5 Å². The first kappa shape index (κ1) is 32.6. The first-order valence-corrected chi connectivity index (χ1v) is 15.0. The smallest absolute Gasteiger partial charge is 0.313 e. The predicted octanol–water partition coefficient (Wildman–Crippen LogP) is 2.23. The van der Waals surface area contributed by atoms with Crippen molar-refractivity contribution in [3.05, 3.63) is 34.9 Å². The molecule has 0 aliphatic carbocycles. The standard InChI is InChI=1S/C26H38N8O7P2/c1-33-16-34(21-9-8-18(40-21)15-39-43-41-42)24-22(33)25(35)31-26(30-24)29-12-10-17(32-27)14-28-11-5-13-38-23-19(36-2)6-4-7-20(23)37-3/h4,6-7,14,16,18,21,43H,5,8-13,15,42H2,1-3H3,(H3-,27,28,29,30,31,35)/p+1. The van der Waals surface area contributed by atoms with Gasteiger partial charge < -0.3 is 38.9 Å². The van der Waals surface area contributed by atoms with E-state index >= 15 is 0 Å².